The van der Waals surface area contributed by atoms with Gasteiger partial charge < -0.3 is 24.3 Å². The Hall–Kier alpha value is -4.46. The van der Waals surface area contributed by atoms with E-state index in [9.17, 15) is 5.26 Å². The number of morpholine rings is 1. The number of aromatic nitrogens is 8. The smallest absolute Gasteiger partial charge is 0.256 e. The van der Waals surface area contributed by atoms with Gasteiger partial charge in [-0.15, -0.1) is 10.2 Å². The molecule has 6 radical (unpaired) electrons. The lowest BCUT2D eigenvalue weighted by atomic mass is 9.52. The number of benzene rings is 1. The highest BCUT2D eigenvalue weighted by Crippen LogP contribution is 2.35. The van der Waals surface area contributed by atoms with Crippen molar-refractivity contribution in [2.24, 2.45) is 0 Å². The van der Waals surface area contributed by atoms with Gasteiger partial charge in [0.25, 0.3) is 5.88 Å². The SMILES string of the molecule is [B]C([B])([B])OCCCOc1nn(C2CCC(N3CCOCC3)CC2)cc1Nc1ncc(-c2ccc(C#N)c(O[C@@H](C)Cn3cnnn3)c2)cn1. The van der Waals surface area contributed by atoms with Crippen molar-refractivity contribution in [3.8, 4) is 28.8 Å². The summed E-state index contributed by atoms with van der Waals surface area (Å²) >= 11 is 0. The van der Waals surface area contributed by atoms with Crippen LogP contribution in [0.3, 0.4) is 0 Å². The predicted octanol–water partition coefficient (Wildman–Crippen LogP) is 2.13. The second-order valence-corrected chi connectivity index (χ2v) is 12.5. The molecule has 1 saturated heterocycles. The molecule has 1 aliphatic heterocycles. The van der Waals surface area contributed by atoms with E-state index in [-0.39, 0.29) is 18.8 Å². The number of nitrogens with one attached hydrogen (secondary N) is 1. The van der Waals surface area contributed by atoms with E-state index in [0.29, 0.717) is 54.4 Å². The van der Waals surface area contributed by atoms with Crippen LogP contribution in [-0.2, 0) is 16.0 Å². The third kappa shape index (κ3) is 9.61. The van der Waals surface area contributed by atoms with Crippen LogP contribution in [0.15, 0.2) is 43.1 Å². The predicted molar refractivity (Wildman–Crippen MR) is 185 cm³/mol. The summed E-state index contributed by atoms with van der Waals surface area (Å²) in [5.41, 5.74) is 2.60. The van der Waals surface area contributed by atoms with Crippen LogP contribution in [0.1, 0.15) is 50.6 Å². The molecular formula is C32H38B3N11O4. The third-order valence-corrected chi connectivity index (χ3v) is 8.68. The van der Waals surface area contributed by atoms with Gasteiger partial charge >= 0.3 is 0 Å². The van der Waals surface area contributed by atoms with E-state index in [0.717, 1.165) is 63.1 Å². The molecule has 3 aromatic heterocycles. The molecule has 4 heterocycles. The van der Waals surface area contributed by atoms with Crippen LogP contribution >= 0.6 is 0 Å². The van der Waals surface area contributed by atoms with Gasteiger partial charge in [-0.2, -0.15) is 5.26 Å². The number of ether oxygens (including phenoxy) is 4. The molecule has 50 heavy (non-hydrogen) atoms. The van der Waals surface area contributed by atoms with Crippen LogP contribution in [0, 0.1) is 11.3 Å². The van der Waals surface area contributed by atoms with Gasteiger partial charge in [-0.25, -0.2) is 14.6 Å². The Labute approximate surface area is 295 Å². The first kappa shape index (κ1) is 35.4. The van der Waals surface area contributed by atoms with Crippen molar-refractivity contribution in [2.45, 2.75) is 69.1 Å². The zero-order valence-corrected chi connectivity index (χ0v) is 28.1. The minimum atomic E-state index is -1.70. The summed E-state index contributed by atoms with van der Waals surface area (Å²) in [6, 6.07) is 8.36. The van der Waals surface area contributed by atoms with E-state index < -0.39 is 5.30 Å². The molecule has 1 saturated carbocycles. The first-order valence-electron chi connectivity index (χ1n) is 16.8. The van der Waals surface area contributed by atoms with Gasteiger partial charge in [-0.3, -0.25) is 9.58 Å². The lowest BCUT2D eigenvalue weighted by molar-refractivity contribution is 0.00502. The molecule has 1 atom stereocenters. The van der Waals surface area contributed by atoms with Crippen LogP contribution in [0.5, 0.6) is 11.6 Å². The van der Waals surface area contributed by atoms with Gasteiger partial charge in [0.05, 0.1) is 67.7 Å². The number of anilines is 2. The molecule has 18 heteroatoms. The average molecular weight is 673 g/mol. The number of nitriles is 1. The van der Waals surface area contributed by atoms with Crippen molar-refractivity contribution in [3.05, 3.63) is 48.7 Å². The molecule has 0 bridgehead atoms. The van der Waals surface area contributed by atoms with E-state index in [1.165, 1.54) is 6.33 Å². The Kier molecular flexibility index (Phi) is 11.7. The van der Waals surface area contributed by atoms with Crippen molar-refractivity contribution in [1.82, 2.24) is 44.9 Å². The van der Waals surface area contributed by atoms with Gasteiger partial charge in [0, 0.05) is 50.1 Å². The Morgan fingerprint density at radius 2 is 1.82 bits per heavy atom. The Balaban J connectivity index is 1.13. The molecule has 1 aliphatic carbocycles. The highest BCUT2D eigenvalue weighted by Gasteiger charge is 2.29. The average Bonchev–Trinajstić information content (AvgIpc) is 3.78. The van der Waals surface area contributed by atoms with Crippen LogP contribution in [0.4, 0.5) is 11.6 Å². The van der Waals surface area contributed by atoms with Crippen molar-refractivity contribution in [3.63, 3.8) is 0 Å². The minimum Gasteiger partial charge on any atom is -0.487 e. The maximum absolute atomic E-state index is 9.67. The van der Waals surface area contributed by atoms with Crippen LogP contribution < -0.4 is 14.8 Å². The van der Waals surface area contributed by atoms with Crippen molar-refractivity contribution in [2.75, 3.05) is 44.8 Å². The fourth-order valence-corrected chi connectivity index (χ4v) is 6.20. The lowest BCUT2D eigenvalue weighted by Gasteiger charge is -2.38. The number of tetrazole rings is 1. The van der Waals surface area contributed by atoms with Crippen LogP contribution in [-0.4, -0.2) is 125 Å². The van der Waals surface area contributed by atoms with Gasteiger partial charge in [0.2, 0.25) is 5.95 Å². The van der Waals surface area contributed by atoms with Crippen molar-refractivity contribution >= 4 is 35.2 Å². The highest BCUT2D eigenvalue weighted by atomic mass is 16.5. The summed E-state index contributed by atoms with van der Waals surface area (Å²) in [6.07, 6.45) is 11.3. The molecule has 2 fully saturated rings. The quantitative estimate of drug-likeness (QED) is 0.144. The molecule has 1 N–H and O–H groups in total. The maximum Gasteiger partial charge on any atom is 0.256 e. The summed E-state index contributed by atoms with van der Waals surface area (Å²) in [4.78, 5) is 11.7. The molecule has 6 rings (SSSR count). The second kappa shape index (κ2) is 16.5. The fraction of sp³-hybridized carbons (Fsp3) is 0.531. The van der Waals surface area contributed by atoms with Crippen LogP contribution in [0.25, 0.3) is 11.1 Å². The Morgan fingerprint density at radius 3 is 2.52 bits per heavy atom. The largest absolute Gasteiger partial charge is 0.487 e. The monoisotopic (exact) mass is 673 g/mol. The molecule has 15 nitrogen and oxygen atoms in total. The molecule has 0 spiro atoms. The summed E-state index contributed by atoms with van der Waals surface area (Å²) in [5.74, 6) is 1.25. The van der Waals surface area contributed by atoms with Gasteiger partial charge in [0.1, 0.15) is 29.9 Å². The van der Waals surface area contributed by atoms with Crippen LogP contribution in [0.2, 0.25) is 0 Å². The summed E-state index contributed by atoms with van der Waals surface area (Å²) in [5, 5.41) is 27.3. The van der Waals surface area contributed by atoms with E-state index >= 15 is 0 Å². The molecule has 4 aromatic rings. The van der Waals surface area contributed by atoms with E-state index in [2.05, 4.69) is 41.8 Å². The van der Waals surface area contributed by atoms with Gasteiger partial charge in [-0.1, -0.05) is 6.07 Å². The zero-order valence-electron chi connectivity index (χ0n) is 28.1. The molecule has 254 valence electrons. The van der Waals surface area contributed by atoms with Gasteiger partial charge in [-0.05, 0) is 66.0 Å². The normalized spacial score (nSPS) is 19.0. The summed E-state index contributed by atoms with van der Waals surface area (Å²) in [6.45, 7) is 6.43. The lowest BCUT2D eigenvalue weighted by Crippen LogP contribution is -2.45. The third-order valence-electron chi connectivity index (χ3n) is 8.68. The zero-order chi connectivity index (χ0) is 34.9. The molecule has 0 unspecified atom stereocenters. The first-order valence-corrected chi connectivity index (χ1v) is 16.8. The second-order valence-electron chi connectivity index (χ2n) is 12.5. The van der Waals surface area contributed by atoms with Gasteiger partial charge in [0.15, 0.2) is 0 Å². The molecule has 2 aliphatic rings. The topological polar surface area (TPSA) is 163 Å². The number of nitrogens with zero attached hydrogens (tertiary/aromatic N) is 10. The molecule has 0 amide bonds. The number of rotatable bonds is 15. The number of hydrogen-bond donors (Lipinski definition) is 1. The van der Waals surface area contributed by atoms with E-state index in [1.54, 1.807) is 29.2 Å². The Morgan fingerprint density at radius 1 is 1.06 bits per heavy atom. The first-order chi connectivity index (χ1) is 24.2. The molecule has 1 aromatic carbocycles. The van der Waals surface area contributed by atoms with Crippen molar-refractivity contribution in [1.29, 1.82) is 5.26 Å². The highest BCUT2D eigenvalue weighted by molar-refractivity contribution is 6.58. The minimum absolute atomic E-state index is 0.226. The fourth-order valence-electron chi connectivity index (χ4n) is 6.20. The summed E-state index contributed by atoms with van der Waals surface area (Å²) in [7, 11) is 16.5. The number of hydrogen-bond acceptors (Lipinski definition) is 13. The Bertz CT molecular complexity index is 1700. The standard InChI is InChI=1S/C32H38B3N11O4/c1-22(19-45-21-39-42-43-45)50-29-15-23(3-4-24(29)16-36)25-17-37-31(38-18-25)40-28-20-46(41-30(28)48-11-2-12-49-32(33,34)35)27-7-5-26(6-8-27)44-9-13-47-14-10-44/h3-4,15,17-18,20-22,26-27H,2,5-14,19H2,1H3,(H,37,38,40)/t22-,26?,27?/m0/s1. The van der Waals surface area contributed by atoms with Crippen molar-refractivity contribution < 1.29 is 18.9 Å². The summed E-state index contributed by atoms with van der Waals surface area (Å²) < 4.78 is 26.5. The van der Waals surface area contributed by atoms with E-state index in [1.807, 2.05) is 23.9 Å². The molecular weight excluding hydrogens is 635 g/mol. The maximum atomic E-state index is 9.67. The van der Waals surface area contributed by atoms with E-state index in [4.69, 9.17) is 47.6 Å².